The molecule has 1 amide bonds. The summed E-state index contributed by atoms with van der Waals surface area (Å²) < 4.78 is 27.2. The van der Waals surface area contributed by atoms with E-state index in [1.807, 2.05) is 18.4 Å². The fraction of sp³-hybridized carbons (Fsp3) is 0.333. The summed E-state index contributed by atoms with van der Waals surface area (Å²) in [5.41, 5.74) is 0.677. The SMILES string of the molecule is Cc1ccsc1C(=O)N1CCC[C@H](C(=O)c2cc(F)ccc2F)C1. The summed E-state index contributed by atoms with van der Waals surface area (Å²) in [6, 6.07) is 4.76. The molecule has 24 heavy (non-hydrogen) atoms. The molecule has 0 unspecified atom stereocenters. The van der Waals surface area contributed by atoms with Crippen LogP contribution in [0.25, 0.3) is 0 Å². The van der Waals surface area contributed by atoms with Crippen molar-refractivity contribution in [2.75, 3.05) is 13.1 Å². The van der Waals surface area contributed by atoms with Gasteiger partial charge in [0.1, 0.15) is 11.6 Å². The maximum absolute atomic E-state index is 13.8. The summed E-state index contributed by atoms with van der Waals surface area (Å²) in [4.78, 5) is 27.5. The molecule has 2 heterocycles. The molecule has 3 rings (SSSR count). The molecule has 0 bridgehead atoms. The normalized spacial score (nSPS) is 17.8. The van der Waals surface area contributed by atoms with Crippen LogP contribution in [0.2, 0.25) is 0 Å². The molecule has 0 aliphatic carbocycles. The van der Waals surface area contributed by atoms with E-state index in [1.165, 1.54) is 11.3 Å². The second kappa shape index (κ2) is 6.81. The maximum Gasteiger partial charge on any atom is 0.264 e. The highest BCUT2D eigenvalue weighted by molar-refractivity contribution is 7.12. The Morgan fingerprint density at radius 3 is 2.75 bits per heavy atom. The summed E-state index contributed by atoms with van der Waals surface area (Å²) >= 11 is 1.38. The number of aryl methyl sites for hydroxylation is 1. The van der Waals surface area contributed by atoms with Crippen LogP contribution in [0.15, 0.2) is 29.6 Å². The van der Waals surface area contributed by atoms with Crippen LogP contribution in [-0.2, 0) is 0 Å². The van der Waals surface area contributed by atoms with Gasteiger partial charge < -0.3 is 4.90 Å². The van der Waals surface area contributed by atoms with Gasteiger partial charge in [-0.15, -0.1) is 11.3 Å². The zero-order valence-corrected chi connectivity index (χ0v) is 14.0. The van der Waals surface area contributed by atoms with Gasteiger partial charge in [-0.3, -0.25) is 9.59 Å². The first-order valence-electron chi connectivity index (χ1n) is 7.80. The molecule has 1 atom stereocenters. The third kappa shape index (κ3) is 3.24. The summed E-state index contributed by atoms with van der Waals surface area (Å²) in [6.45, 7) is 2.69. The van der Waals surface area contributed by atoms with Crippen molar-refractivity contribution in [1.82, 2.24) is 4.90 Å². The largest absolute Gasteiger partial charge is 0.337 e. The van der Waals surface area contributed by atoms with Crippen molar-refractivity contribution in [3.63, 3.8) is 0 Å². The van der Waals surface area contributed by atoms with Crippen molar-refractivity contribution >= 4 is 23.0 Å². The Bertz CT molecular complexity index is 787. The first kappa shape index (κ1) is 16.8. The van der Waals surface area contributed by atoms with Gasteiger partial charge in [-0.1, -0.05) is 0 Å². The molecule has 1 saturated heterocycles. The number of amides is 1. The van der Waals surface area contributed by atoms with Crippen LogP contribution in [0.1, 0.15) is 38.4 Å². The molecule has 0 saturated carbocycles. The highest BCUT2D eigenvalue weighted by Crippen LogP contribution is 2.26. The number of Topliss-reactive ketones (excluding diaryl/α,β-unsaturated/α-hetero) is 1. The average Bonchev–Trinajstić information content (AvgIpc) is 3.02. The predicted molar refractivity (Wildman–Crippen MR) is 88.4 cm³/mol. The Labute approximate surface area is 142 Å². The minimum Gasteiger partial charge on any atom is -0.337 e. The molecule has 1 aromatic heterocycles. The number of carbonyl (C=O) groups is 2. The molecule has 2 aromatic rings. The highest BCUT2D eigenvalue weighted by Gasteiger charge is 2.31. The van der Waals surface area contributed by atoms with E-state index in [9.17, 15) is 18.4 Å². The van der Waals surface area contributed by atoms with Gasteiger partial charge in [0, 0.05) is 19.0 Å². The number of benzene rings is 1. The fourth-order valence-corrected chi connectivity index (χ4v) is 3.91. The molecule has 0 N–H and O–H groups in total. The molecular weight excluding hydrogens is 332 g/mol. The smallest absolute Gasteiger partial charge is 0.264 e. The van der Waals surface area contributed by atoms with E-state index in [-0.39, 0.29) is 18.0 Å². The van der Waals surface area contributed by atoms with Crippen molar-refractivity contribution < 1.29 is 18.4 Å². The Kier molecular flexibility index (Phi) is 4.76. The Hall–Kier alpha value is -2.08. The summed E-state index contributed by atoms with van der Waals surface area (Å²) in [5.74, 6) is -2.40. The van der Waals surface area contributed by atoms with E-state index in [4.69, 9.17) is 0 Å². The lowest BCUT2D eigenvalue weighted by molar-refractivity contribution is 0.0639. The van der Waals surface area contributed by atoms with Gasteiger partial charge in [0.25, 0.3) is 5.91 Å². The zero-order valence-electron chi connectivity index (χ0n) is 13.2. The first-order chi connectivity index (χ1) is 11.5. The molecule has 0 radical (unpaired) electrons. The molecule has 6 heteroatoms. The standard InChI is InChI=1S/C18H17F2NO2S/c1-11-6-8-24-17(11)18(23)21-7-2-3-12(10-21)16(22)14-9-13(19)4-5-15(14)20/h4-6,8-9,12H,2-3,7,10H2,1H3/t12-/m0/s1. The third-order valence-corrected chi connectivity index (χ3v) is 5.33. The quantitative estimate of drug-likeness (QED) is 0.784. The predicted octanol–water partition coefficient (Wildman–Crippen LogP) is 4.07. The number of thiophene rings is 1. The van der Waals surface area contributed by atoms with Gasteiger partial charge in [-0.25, -0.2) is 8.78 Å². The fourth-order valence-electron chi connectivity index (χ4n) is 3.02. The summed E-state index contributed by atoms with van der Waals surface area (Å²) in [7, 11) is 0. The van der Waals surface area contributed by atoms with Crippen LogP contribution in [0.3, 0.4) is 0 Å². The van der Waals surface area contributed by atoms with Gasteiger partial charge >= 0.3 is 0 Å². The van der Waals surface area contributed by atoms with Crippen molar-refractivity contribution in [3.8, 4) is 0 Å². The number of likely N-dealkylation sites (tertiary alicyclic amines) is 1. The van der Waals surface area contributed by atoms with E-state index >= 15 is 0 Å². The van der Waals surface area contributed by atoms with Crippen molar-refractivity contribution in [3.05, 3.63) is 57.3 Å². The minimum atomic E-state index is -0.723. The van der Waals surface area contributed by atoms with E-state index in [0.717, 1.165) is 23.8 Å². The topological polar surface area (TPSA) is 37.4 Å². The molecule has 1 aliphatic rings. The Morgan fingerprint density at radius 2 is 2.04 bits per heavy atom. The van der Waals surface area contributed by atoms with Crippen molar-refractivity contribution in [2.45, 2.75) is 19.8 Å². The lowest BCUT2D eigenvalue weighted by Crippen LogP contribution is -2.42. The van der Waals surface area contributed by atoms with Crippen LogP contribution in [0.4, 0.5) is 8.78 Å². The van der Waals surface area contributed by atoms with Crippen LogP contribution in [0.5, 0.6) is 0 Å². The van der Waals surface area contributed by atoms with Crippen molar-refractivity contribution in [2.24, 2.45) is 5.92 Å². The van der Waals surface area contributed by atoms with Gasteiger partial charge in [0.2, 0.25) is 0 Å². The molecule has 1 aromatic carbocycles. The van der Waals surface area contributed by atoms with Crippen LogP contribution in [0, 0.1) is 24.5 Å². The number of piperidine rings is 1. The summed E-state index contributed by atoms with van der Waals surface area (Å²) in [6.07, 6.45) is 1.24. The van der Waals surface area contributed by atoms with E-state index < -0.39 is 23.3 Å². The van der Waals surface area contributed by atoms with E-state index in [1.54, 1.807) is 4.90 Å². The number of hydrogen-bond donors (Lipinski definition) is 0. The van der Waals surface area contributed by atoms with Crippen molar-refractivity contribution in [1.29, 1.82) is 0 Å². The number of halogens is 2. The maximum atomic E-state index is 13.8. The monoisotopic (exact) mass is 349 g/mol. The lowest BCUT2D eigenvalue weighted by Gasteiger charge is -2.32. The molecule has 0 spiro atoms. The number of ketones is 1. The molecule has 3 nitrogen and oxygen atoms in total. The van der Waals surface area contributed by atoms with Gasteiger partial charge in [0.15, 0.2) is 5.78 Å². The van der Waals surface area contributed by atoms with Gasteiger partial charge in [-0.2, -0.15) is 0 Å². The third-order valence-electron chi connectivity index (χ3n) is 4.33. The number of nitrogens with zero attached hydrogens (tertiary/aromatic N) is 1. The number of hydrogen-bond acceptors (Lipinski definition) is 3. The Balaban J connectivity index is 1.78. The van der Waals surface area contributed by atoms with E-state index in [0.29, 0.717) is 24.3 Å². The highest BCUT2D eigenvalue weighted by atomic mass is 32.1. The van der Waals surface area contributed by atoms with Gasteiger partial charge in [0.05, 0.1) is 10.4 Å². The molecular formula is C18H17F2NO2S. The number of rotatable bonds is 3. The zero-order chi connectivity index (χ0) is 17.3. The Morgan fingerprint density at radius 1 is 1.25 bits per heavy atom. The van der Waals surface area contributed by atoms with E-state index in [2.05, 4.69) is 0 Å². The van der Waals surface area contributed by atoms with Crippen LogP contribution < -0.4 is 0 Å². The first-order valence-corrected chi connectivity index (χ1v) is 8.68. The lowest BCUT2D eigenvalue weighted by atomic mass is 9.89. The van der Waals surface area contributed by atoms with Crippen LogP contribution >= 0.6 is 11.3 Å². The second-order valence-electron chi connectivity index (χ2n) is 6.01. The molecule has 126 valence electrons. The average molecular weight is 349 g/mol. The van der Waals surface area contributed by atoms with Gasteiger partial charge in [-0.05, 0) is 55.0 Å². The summed E-state index contributed by atoms with van der Waals surface area (Å²) in [5, 5.41) is 1.86. The minimum absolute atomic E-state index is 0.0975. The molecule has 1 aliphatic heterocycles. The second-order valence-corrected chi connectivity index (χ2v) is 6.93. The molecule has 1 fully saturated rings. The number of carbonyl (C=O) groups excluding carboxylic acids is 2. The van der Waals surface area contributed by atoms with Crippen LogP contribution in [-0.4, -0.2) is 29.7 Å².